The second-order valence-electron chi connectivity index (χ2n) is 3.68. The summed E-state index contributed by atoms with van der Waals surface area (Å²) in [7, 11) is 0. The Labute approximate surface area is 98.3 Å². The van der Waals surface area contributed by atoms with Crippen LogP contribution in [0.25, 0.3) is 0 Å². The molecule has 0 spiro atoms. The monoisotopic (exact) mass is 219 g/mol. The summed E-state index contributed by atoms with van der Waals surface area (Å²) in [4.78, 5) is 0. The maximum Gasteiger partial charge on any atom is 0.0720 e. The zero-order valence-corrected chi connectivity index (χ0v) is 10.0. The Bertz CT molecular complexity index is 309. The van der Waals surface area contributed by atoms with Crippen LogP contribution in [0.5, 0.6) is 0 Å². The van der Waals surface area contributed by atoms with Crippen LogP contribution in [-0.2, 0) is 17.9 Å². The minimum absolute atomic E-state index is 0.690. The first kappa shape index (κ1) is 12.9. The highest BCUT2D eigenvalue weighted by Gasteiger charge is 2.00. The molecule has 0 atom stereocenters. The van der Waals surface area contributed by atoms with Gasteiger partial charge >= 0.3 is 0 Å². The second kappa shape index (κ2) is 8.08. The van der Waals surface area contributed by atoms with E-state index < -0.39 is 0 Å². The van der Waals surface area contributed by atoms with E-state index in [1.807, 2.05) is 6.08 Å². The van der Waals surface area contributed by atoms with Crippen molar-refractivity contribution in [2.75, 3.05) is 13.2 Å². The van der Waals surface area contributed by atoms with Gasteiger partial charge in [-0.05, 0) is 24.1 Å². The van der Waals surface area contributed by atoms with E-state index in [9.17, 15) is 0 Å². The third-order valence-corrected chi connectivity index (χ3v) is 2.41. The predicted octanol–water partition coefficient (Wildman–Crippen LogP) is 2.89. The molecule has 0 radical (unpaired) electrons. The summed E-state index contributed by atoms with van der Waals surface area (Å²) in [5, 5.41) is 3.33. The molecule has 0 saturated carbocycles. The SMILES string of the molecule is C=CCCOCc1ccccc1CNCC. The van der Waals surface area contributed by atoms with Crippen molar-refractivity contribution in [1.82, 2.24) is 5.32 Å². The van der Waals surface area contributed by atoms with Gasteiger partial charge in [0.25, 0.3) is 0 Å². The van der Waals surface area contributed by atoms with Crippen LogP contribution in [0.15, 0.2) is 36.9 Å². The van der Waals surface area contributed by atoms with Crippen LogP contribution in [0.1, 0.15) is 24.5 Å². The Morgan fingerprint density at radius 1 is 1.31 bits per heavy atom. The lowest BCUT2D eigenvalue weighted by Gasteiger charge is -2.10. The summed E-state index contributed by atoms with van der Waals surface area (Å²) < 4.78 is 5.58. The molecule has 1 rings (SSSR count). The molecule has 0 saturated heterocycles. The number of ether oxygens (including phenoxy) is 1. The van der Waals surface area contributed by atoms with Crippen LogP contribution in [-0.4, -0.2) is 13.2 Å². The summed E-state index contributed by atoms with van der Waals surface area (Å²) in [6.07, 6.45) is 2.79. The zero-order valence-electron chi connectivity index (χ0n) is 10.0. The molecule has 0 aliphatic carbocycles. The minimum Gasteiger partial charge on any atom is -0.376 e. The van der Waals surface area contributed by atoms with Crippen LogP contribution in [0.2, 0.25) is 0 Å². The van der Waals surface area contributed by atoms with E-state index in [-0.39, 0.29) is 0 Å². The first-order chi connectivity index (χ1) is 7.88. The fraction of sp³-hybridized carbons (Fsp3) is 0.429. The Morgan fingerprint density at radius 3 is 2.75 bits per heavy atom. The van der Waals surface area contributed by atoms with Gasteiger partial charge in [0.15, 0.2) is 0 Å². The average Bonchev–Trinajstić information content (AvgIpc) is 2.33. The highest BCUT2D eigenvalue weighted by atomic mass is 16.5. The zero-order chi connectivity index (χ0) is 11.6. The molecule has 1 aromatic rings. The Morgan fingerprint density at radius 2 is 2.06 bits per heavy atom. The topological polar surface area (TPSA) is 21.3 Å². The van der Waals surface area contributed by atoms with Crippen LogP contribution in [0.4, 0.5) is 0 Å². The van der Waals surface area contributed by atoms with Crippen molar-refractivity contribution in [2.45, 2.75) is 26.5 Å². The number of hydrogen-bond acceptors (Lipinski definition) is 2. The lowest BCUT2D eigenvalue weighted by Crippen LogP contribution is -2.13. The Hall–Kier alpha value is -1.12. The summed E-state index contributed by atoms with van der Waals surface area (Å²) in [5.74, 6) is 0. The van der Waals surface area contributed by atoms with E-state index in [0.29, 0.717) is 6.61 Å². The molecule has 1 N–H and O–H groups in total. The molecular weight excluding hydrogens is 198 g/mol. The molecule has 1 aromatic carbocycles. The maximum absolute atomic E-state index is 5.58. The third-order valence-electron chi connectivity index (χ3n) is 2.41. The van der Waals surface area contributed by atoms with Crippen molar-refractivity contribution in [3.8, 4) is 0 Å². The van der Waals surface area contributed by atoms with Crippen molar-refractivity contribution in [2.24, 2.45) is 0 Å². The molecule has 88 valence electrons. The smallest absolute Gasteiger partial charge is 0.0720 e. The van der Waals surface area contributed by atoms with Crippen LogP contribution in [0.3, 0.4) is 0 Å². The maximum atomic E-state index is 5.58. The fourth-order valence-corrected chi connectivity index (χ4v) is 1.48. The first-order valence-corrected chi connectivity index (χ1v) is 5.84. The molecular formula is C14H21NO. The molecule has 0 aromatic heterocycles. The van der Waals surface area contributed by atoms with E-state index in [1.165, 1.54) is 11.1 Å². The van der Waals surface area contributed by atoms with E-state index in [0.717, 1.165) is 26.1 Å². The summed E-state index contributed by atoms with van der Waals surface area (Å²) in [6.45, 7) is 9.13. The molecule has 0 aliphatic rings. The molecule has 2 heteroatoms. The van der Waals surface area contributed by atoms with Crippen molar-refractivity contribution >= 4 is 0 Å². The van der Waals surface area contributed by atoms with Gasteiger partial charge in [-0.3, -0.25) is 0 Å². The highest BCUT2D eigenvalue weighted by molar-refractivity contribution is 5.26. The van der Waals surface area contributed by atoms with Crippen molar-refractivity contribution in [3.63, 3.8) is 0 Å². The first-order valence-electron chi connectivity index (χ1n) is 5.84. The van der Waals surface area contributed by atoms with Gasteiger partial charge in [-0.15, -0.1) is 6.58 Å². The third kappa shape index (κ3) is 4.60. The van der Waals surface area contributed by atoms with E-state index in [2.05, 4.69) is 43.1 Å². The molecule has 0 unspecified atom stereocenters. The second-order valence-corrected chi connectivity index (χ2v) is 3.68. The van der Waals surface area contributed by atoms with E-state index in [4.69, 9.17) is 4.74 Å². The molecule has 0 aliphatic heterocycles. The number of nitrogens with one attached hydrogen (secondary N) is 1. The van der Waals surface area contributed by atoms with Gasteiger partial charge < -0.3 is 10.1 Å². The fourth-order valence-electron chi connectivity index (χ4n) is 1.48. The summed E-state index contributed by atoms with van der Waals surface area (Å²) in [6, 6.07) is 8.40. The van der Waals surface area contributed by atoms with Crippen LogP contribution < -0.4 is 5.32 Å². The van der Waals surface area contributed by atoms with Crippen LogP contribution in [0, 0.1) is 0 Å². The van der Waals surface area contributed by atoms with Gasteiger partial charge in [-0.2, -0.15) is 0 Å². The lowest BCUT2D eigenvalue weighted by atomic mass is 10.1. The molecule has 2 nitrogen and oxygen atoms in total. The van der Waals surface area contributed by atoms with Crippen molar-refractivity contribution in [3.05, 3.63) is 48.0 Å². The number of benzene rings is 1. The predicted molar refractivity (Wildman–Crippen MR) is 68.3 cm³/mol. The van der Waals surface area contributed by atoms with Gasteiger partial charge in [0.05, 0.1) is 13.2 Å². The highest BCUT2D eigenvalue weighted by Crippen LogP contribution is 2.10. The largest absolute Gasteiger partial charge is 0.376 e. The molecule has 0 bridgehead atoms. The van der Waals surface area contributed by atoms with Gasteiger partial charge in [0, 0.05) is 6.54 Å². The van der Waals surface area contributed by atoms with Gasteiger partial charge in [-0.1, -0.05) is 37.3 Å². The molecule has 0 fully saturated rings. The lowest BCUT2D eigenvalue weighted by molar-refractivity contribution is 0.124. The molecule has 16 heavy (non-hydrogen) atoms. The van der Waals surface area contributed by atoms with Crippen molar-refractivity contribution in [1.29, 1.82) is 0 Å². The van der Waals surface area contributed by atoms with Crippen molar-refractivity contribution < 1.29 is 4.74 Å². The summed E-state index contributed by atoms with van der Waals surface area (Å²) in [5.41, 5.74) is 2.59. The standard InChI is InChI=1S/C14H21NO/c1-3-5-10-16-12-14-9-7-6-8-13(14)11-15-4-2/h3,6-9,15H,1,4-5,10-12H2,2H3. The van der Waals surface area contributed by atoms with Gasteiger partial charge in [0.2, 0.25) is 0 Å². The Kier molecular flexibility index (Phi) is 6.54. The molecule has 0 heterocycles. The van der Waals surface area contributed by atoms with Gasteiger partial charge in [0.1, 0.15) is 0 Å². The van der Waals surface area contributed by atoms with Gasteiger partial charge in [-0.25, -0.2) is 0 Å². The normalized spacial score (nSPS) is 10.3. The Balaban J connectivity index is 2.46. The number of rotatable bonds is 8. The number of hydrogen-bond donors (Lipinski definition) is 1. The van der Waals surface area contributed by atoms with E-state index in [1.54, 1.807) is 0 Å². The quantitative estimate of drug-likeness (QED) is 0.536. The van der Waals surface area contributed by atoms with Crippen LogP contribution >= 0.6 is 0 Å². The molecule has 0 amide bonds. The minimum atomic E-state index is 0.690. The van der Waals surface area contributed by atoms with E-state index >= 15 is 0 Å². The average molecular weight is 219 g/mol. The summed E-state index contributed by atoms with van der Waals surface area (Å²) >= 11 is 0.